The van der Waals surface area contributed by atoms with E-state index < -0.39 is 0 Å². The Morgan fingerprint density at radius 2 is 1.85 bits per heavy atom. The third kappa shape index (κ3) is 3.98. The molecular formula is C18H36N2. The van der Waals surface area contributed by atoms with Crippen LogP contribution in [-0.4, -0.2) is 37.6 Å². The van der Waals surface area contributed by atoms with Crippen LogP contribution in [0.25, 0.3) is 0 Å². The number of hydrogen-bond acceptors (Lipinski definition) is 2. The first-order valence-corrected chi connectivity index (χ1v) is 8.80. The fraction of sp³-hybridized carbons (Fsp3) is 1.00. The molecule has 2 rings (SSSR count). The molecule has 4 unspecified atom stereocenters. The molecule has 0 amide bonds. The van der Waals surface area contributed by atoms with E-state index in [1.807, 2.05) is 0 Å². The standard InChI is InChI=1S/C18H36N2/c1-14-8-6-7-9-17(14)20(5)13-15-12-18(2,3)11-10-16(15)19-4/h14-17,19H,6-13H2,1-5H3. The van der Waals surface area contributed by atoms with Crippen molar-refractivity contribution in [3.63, 3.8) is 0 Å². The zero-order chi connectivity index (χ0) is 14.8. The molecule has 2 aliphatic rings. The average molecular weight is 280 g/mol. The molecule has 1 N–H and O–H groups in total. The van der Waals surface area contributed by atoms with Crippen molar-refractivity contribution in [3.8, 4) is 0 Å². The van der Waals surface area contributed by atoms with Crippen LogP contribution < -0.4 is 5.32 Å². The summed E-state index contributed by atoms with van der Waals surface area (Å²) >= 11 is 0. The van der Waals surface area contributed by atoms with Crippen LogP contribution in [0.1, 0.15) is 65.7 Å². The average Bonchev–Trinajstić information content (AvgIpc) is 2.38. The van der Waals surface area contributed by atoms with Gasteiger partial charge in [-0.2, -0.15) is 0 Å². The van der Waals surface area contributed by atoms with Crippen LogP contribution in [0.4, 0.5) is 0 Å². The van der Waals surface area contributed by atoms with E-state index >= 15 is 0 Å². The van der Waals surface area contributed by atoms with Crippen LogP contribution in [0.15, 0.2) is 0 Å². The van der Waals surface area contributed by atoms with Gasteiger partial charge in [-0.25, -0.2) is 0 Å². The molecule has 0 aromatic rings. The predicted molar refractivity (Wildman–Crippen MR) is 88.0 cm³/mol. The first-order valence-electron chi connectivity index (χ1n) is 8.80. The minimum atomic E-state index is 0.539. The summed E-state index contributed by atoms with van der Waals surface area (Å²) in [6.07, 6.45) is 9.83. The molecule has 0 aromatic heterocycles. The lowest BCUT2D eigenvalue weighted by atomic mass is 9.69. The van der Waals surface area contributed by atoms with Gasteiger partial charge in [0.25, 0.3) is 0 Å². The number of rotatable bonds is 4. The van der Waals surface area contributed by atoms with E-state index in [1.165, 1.54) is 51.5 Å². The molecule has 2 heteroatoms. The second kappa shape index (κ2) is 6.79. The topological polar surface area (TPSA) is 15.3 Å². The van der Waals surface area contributed by atoms with Crippen LogP contribution in [0.3, 0.4) is 0 Å². The molecule has 2 fully saturated rings. The molecule has 0 saturated heterocycles. The Labute approximate surface area is 126 Å². The van der Waals surface area contributed by atoms with Gasteiger partial charge in [0.05, 0.1) is 0 Å². The summed E-state index contributed by atoms with van der Waals surface area (Å²) in [5, 5.41) is 3.58. The molecule has 0 bridgehead atoms. The van der Waals surface area contributed by atoms with Gasteiger partial charge in [-0.3, -0.25) is 0 Å². The Hall–Kier alpha value is -0.0800. The van der Waals surface area contributed by atoms with Crippen LogP contribution in [0, 0.1) is 17.3 Å². The Bertz CT molecular complexity index is 300. The van der Waals surface area contributed by atoms with Crippen LogP contribution in [0.2, 0.25) is 0 Å². The molecule has 20 heavy (non-hydrogen) atoms. The van der Waals surface area contributed by atoms with Gasteiger partial charge in [0.1, 0.15) is 0 Å². The second-order valence-corrected chi connectivity index (χ2v) is 8.33. The Morgan fingerprint density at radius 1 is 1.15 bits per heavy atom. The third-order valence-corrected chi connectivity index (χ3v) is 6.04. The normalized spacial score (nSPS) is 38.1. The molecule has 118 valence electrons. The van der Waals surface area contributed by atoms with Crippen molar-refractivity contribution < 1.29 is 0 Å². The van der Waals surface area contributed by atoms with Gasteiger partial charge in [-0.1, -0.05) is 33.6 Å². The smallest absolute Gasteiger partial charge is 0.0118 e. The third-order valence-electron chi connectivity index (χ3n) is 6.04. The van der Waals surface area contributed by atoms with E-state index in [4.69, 9.17) is 0 Å². The minimum Gasteiger partial charge on any atom is -0.317 e. The Kier molecular flexibility index (Phi) is 5.53. The van der Waals surface area contributed by atoms with Crippen molar-refractivity contribution in [2.75, 3.05) is 20.6 Å². The van der Waals surface area contributed by atoms with Gasteiger partial charge < -0.3 is 10.2 Å². The lowest BCUT2D eigenvalue weighted by Gasteiger charge is -2.44. The van der Waals surface area contributed by atoms with E-state index in [-0.39, 0.29) is 0 Å². The lowest BCUT2D eigenvalue weighted by molar-refractivity contribution is 0.0706. The molecule has 2 nitrogen and oxygen atoms in total. The van der Waals surface area contributed by atoms with E-state index in [1.54, 1.807) is 0 Å². The molecule has 4 atom stereocenters. The summed E-state index contributed by atoms with van der Waals surface area (Å²) in [6, 6.07) is 1.55. The molecule has 0 aromatic carbocycles. The summed E-state index contributed by atoms with van der Waals surface area (Å²) in [6.45, 7) is 8.65. The molecular weight excluding hydrogens is 244 g/mol. The van der Waals surface area contributed by atoms with Crippen molar-refractivity contribution in [2.45, 2.75) is 77.8 Å². The highest BCUT2D eigenvalue weighted by Gasteiger charge is 2.36. The number of nitrogens with zero attached hydrogens (tertiary/aromatic N) is 1. The summed E-state index contributed by atoms with van der Waals surface area (Å²) in [7, 11) is 4.53. The first-order chi connectivity index (χ1) is 9.43. The number of hydrogen-bond donors (Lipinski definition) is 1. The lowest BCUT2D eigenvalue weighted by Crippen LogP contribution is -2.49. The largest absolute Gasteiger partial charge is 0.317 e. The van der Waals surface area contributed by atoms with Gasteiger partial charge in [0.15, 0.2) is 0 Å². The number of nitrogens with one attached hydrogen (secondary N) is 1. The summed E-state index contributed by atoms with van der Waals surface area (Å²) in [5.41, 5.74) is 0.539. The van der Waals surface area contributed by atoms with Gasteiger partial charge in [-0.15, -0.1) is 0 Å². The van der Waals surface area contributed by atoms with Crippen molar-refractivity contribution in [2.24, 2.45) is 17.3 Å². The maximum atomic E-state index is 3.58. The fourth-order valence-corrected chi connectivity index (χ4v) is 4.76. The summed E-state index contributed by atoms with van der Waals surface area (Å²) in [5.74, 6) is 1.71. The van der Waals surface area contributed by atoms with E-state index in [9.17, 15) is 0 Å². The van der Waals surface area contributed by atoms with Gasteiger partial charge in [0, 0.05) is 18.6 Å². The van der Waals surface area contributed by atoms with Crippen LogP contribution in [-0.2, 0) is 0 Å². The fourth-order valence-electron chi connectivity index (χ4n) is 4.76. The highest BCUT2D eigenvalue weighted by Crippen LogP contribution is 2.39. The zero-order valence-corrected chi connectivity index (χ0v) is 14.4. The molecule has 2 aliphatic carbocycles. The van der Waals surface area contributed by atoms with Crippen molar-refractivity contribution in [3.05, 3.63) is 0 Å². The second-order valence-electron chi connectivity index (χ2n) is 8.33. The Balaban J connectivity index is 1.95. The van der Waals surface area contributed by atoms with Crippen molar-refractivity contribution in [1.82, 2.24) is 10.2 Å². The van der Waals surface area contributed by atoms with Gasteiger partial charge >= 0.3 is 0 Å². The quantitative estimate of drug-likeness (QED) is 0.840. The maximum absolute atomic E-state index is 3.58. The molecule has 0 heterocycles. The zero-order valence-electron chi connectivity index (χ0n) is 14.4. The van der Waals surface area contributed by atoms with E-state index in [0.717, 1.165) is 23.9 Å². The molecule has 0 aliphatic heterocycles. The monoisotopic (exact) mass is 280 g/mol. The molecule has 0 spiro atoms. The minimum absolute atomic E-state index is 0.539. The van der Waals surface area contributed by atoms with Gasteiger partial charge in [-0.05, 0) is 63.5 Å². The van der Waals surface area contributed by atoms with Crippen LogP contribution >= 0.6 is 0 Å². The summed E-state index contributed by atoms with van der Waals surface area (Å²) < 4.78 is 0. The van der Waals surface area contributed by atoms with Crippen molar-refractivity contribution in [1.29, 1.82) is 0 Å². The Morgan fingerprint density at radius 3 is 2.50 bits per heavy atom. The van der Waals surface area contributed by atoms with Gasteiger partial charge in [0.2, 0.25) is 0 Å². The maximum Gasteiger partial charge on any atom is 0.0118 e. The molecule has 0 radical (unpaired) electrons. The van der Waals surface area contributed by atoms with E-state index in [0.29, 0.717) is 5.41 Å². The van der Waals surface area contributed by atoms with Crippen molar-refractivity contribution >= 4 is 0 Å². The highest BCUT2D eigenvalue weighted by molar-refractivity contribution is 4.91. The predicted octanol–water partition coefficient (Wildman–Crippen LogP) is 3.91. The summed E-state index contributed by atoms with van der Waals surface area (Å²) in [4.78, 5) is 2.69. The SMILES string of the molecule is CNC1CCC(C)(C)CC1CN(C)C1CCCCC1C. The van der Waals surface area contributed by atoms with E-state index in [2.05, 4.69) is 45.1 Å². The molecule has 2 saturated carbocycles. The highest BCUT2D eigenvalue weighted by atomic mass is 15.1. The first kappa shape index (κ1) is 16.3. The van der Waals surface area contributed by atoms with Crippen LogP contribution in [0.5, 0.6) is 0 Å².